The van der Waals surface area contributed by atoms with E-state index >= 15 is 0 Å². The van der Waals surface area contributed by atoms with E-state index in [1.54, 1.807) is 18.2 Å². The number of rotatable bonds is 3. The van der Waals surface area contributed by atoms with Crippen molar-refractivity contribution in [2.45, 2.75) is 12.5 Å². The van der Waals surface area contributed by atoms with Crippen molar-refractivity contribution < 1.29 is 13.9 Å². The van der Waals surface area contributed by atoms with Crippen LogP contribution in [0.25, 0.3) is 0 Å². The molecule has 2 aromatic carbocycles. The topological polar surface area (TPSA) is 20.2 Å². The summed E-state index contributed by atoms with van der Waals surface area (Å²) in [5, 5.41) is 10.0. The fraction of sp³-hybridized carbons (Fsp3) is 0.143. The van der Waals surface area contributed by atoms with E-state index in [1.165, 1.54) is 18.2 Å². The van der Waals surface area contributed by atoms with Gasteiger partial charge in [-0.1, -0.05) is 28.1 Å². The molecule has 0 spiro atoms. The maximum Gasteiger partial charge on any atom is 0.137 e. The predicted octanol–water partition coefficient (Wildman–Crippen LogP) is 4.77. The molecule has 2 rings (SSSR count). The van der Waals surface area contributed by atoms with E-state index in [-0.39, 0.29) is 6.42 Å². The van der Waals surface area contributed by atoms with E-state index in [0.29, 0.717) is 20.1 Å². The molecular formula is C14H10Br2F2O. The number of aliphatic hydroxyl groups excluding tert-OH is 1. The van der Waals surface area contributed by atoms with Crippen molar-refractivity contribution in [2.24, 2.45) is 0 Å². The second-order valence-corrected chi connectivity index (χ2v) is 5.90. The van der Waals surface area contributed by atoms with Gasteiger partial charge in [0.2, 0.25) is 0 Å². The van der Waals surface area contributed by atoms with Crippen molar-refractivity contribution in [2.75, 3.05) is 0 Å². The molecule has 2 aromatic rings. The lowest BCUT2D eigenvalue weighted by Crippen LogP contribution is -2.04. The predicted molar refractivity (Wildman–Crippen MR) is 76.9 cm³/mol. The Hall–Kier alpha value is -0.780. The Balaban J connectivity index is 2.20. The fourth-order valence-electron chi connectivity index (χ4n) is 1.73. The lowest BCUT2D eigenvalue weighted by Gasteiger charge is -2.12. The maximum absolute atomic E-state index is 13.6. The third-order valence-corrected chi connectivity index (χ3v) is 3.89. The maximum atomic E-state index is 13.6. The summed E-state index contributed by atoms with van der Waals surface area (Å²) in [6, 6.07) is 9.00. The van der Waals surface area contributed by atoms with Crippen LogP contribution in [0, 0.1) is 11.6 Å². The Kier molecular flexibility index (Phi) is 4.71. The number of aliphatic hydroxyl groups is 1. The van der Waals surface area contributed by atoms with Crippen molar-refractivity contribution in [3.05, 3.63) is 68.1 Å². The van der Waals surface area contributed by atoms with E-state index < -0.39 is 17.7 Å². The van der Waals surface area contributed by atoms with Gasteiger partial charge in [0.25, 0.3) is 0 Å². The smallest absolute Gasteiger partial charge is 0.137 e. The first-order valence-electron chi connectivity index (χ1n) is 5.54. The molecule has 19 heavy (non-hydrogen) atoms. The number of hydrogen-bond acceptors (Lipinski definition) is 1. The van der Waals surface area contributed by atoms with Gasteiger partial charge in [-0.3, -0.25) is 0 Å². The molecule has 1 unspecified atom stereocenters. The summed E-state index contributed by atoms with van der Waals surface area (Å²) >= 11 is 6.21. The molecule has 100 valence electrons. The van der Waals surface area contributed by atoms with Crippen molar-refractivity contribution in [1.82, 2.24) is 0 Å². The van der Waals surface area contributed by atoms with Crippen molar-refractivity contribution in [3.63, 3.8) is 0 Å². The SMILES string of the molecule is OC(Cc1ccc(Br)cc1F)c1ccc(Br)c(F)c1. The largest absolute Gasteiger partial charge is 0.388 e. The average Bonchev–Trinajstić information content (AvgIpc) is 2.36. The first kappa shape index (κ1) is 14.6. The highest BCUT2D eigenvalue weighted by atomic mass is 79.9. The Labute approximate surface area is 126 Å². The summed E-state index contributed by atoms with van der Waals surface area (Å²) in [5.41, 5.74) is 0.807. The van der Waals surface area contributed by atoms with Crippen molar-refractivity contribution in [3.8, 4) is 0 Å². The van der Waals surface area contributed by atoms with Crippen LogP contribution in [0.1, 0.15) is 17.2 Å². The van der Waals surface area contributed by atoms with E-state index in [4.69, 9.17) is 0 Å². The van der Waals surface area contributed by atoms with Crippen LogP contribution in [-0.4, -0.2) is 5.11 Å². The minimum absolute atomic E-state index is 0.0974. The number of benzene rings is 2. The van der Waals surface area contributed by atoms with E-state index in [0.717, 1.165) is 0 Å². The molecule has 5 heteroatoms. The summed E-state index contributed by atoms with van der Waals surface area (Å²) in [4.78, 5) is 0. The zero-order chi connectivity index (χ0) is 14.0. The van der Waals surface area contributed by atoms with Crippen LogP contribution < -0.4 is 0 Å². The van der Waals surface area contributed by atoms with Crippen molar-refractivity contribution in [1.29, 1.82) is 0 Å². The van der Waals surface area contributed by atoms with E-state index in [2.05, 4.69) is 31.9 Å². The highest BCUT2D eigenvalue weighted by Crippen LogP contribution is 2.25. The molecule has 0 aliphatic heterocycles. The summed E-state index contributed by atoms with van der Waals surface area (Å²) in [5.74, 6) is -0.848. The molecule has 0 aliphatic carbocycles. The molecule has 1 N–H and O–H groups in total. The summed E-state index contributed by atoms with van der Waals surface area (Å²) in [7, 11) is 0. The highest BCUT2D eigenvalue weighted by molar-refractivity contribution is 9.10. The first-order valence-corrected chi connectivity index (χ1v) is 7.13. The minimum atomic E-state index is -0.946. The van der Waals surface area contributed by atoms with Crippen molar-refractivity contribution >= 4 is 31.9 Å². The average molecular weight is 392 g/mol. The number of hydrogen-bond donors (Lipinski definition) is 1. The van der Waals surface area contributed by atoms with Gasteiger partial charge in [0.15, 0.2) is 0 Å². The van der Waals surface area contributed by atoms with Gasteiger partial charge in [0.1, 0.15) is 11.6 Å². The molecular weight excluding hydrogens is 382 g/mol. The van der Waals surface area contributed by atoms with Gasteiger partial charge in [0.05, 0.1) is 10.6 Å². The fourth-order valence-corrected chi connectivity index (χ4v) is 2.31. The molecule has 0 aromatic heterocycles. The minimum Gasteiger partial charge on any atom is -0.388 e. The highest BCUT2D eigenvalue weighted by Gasteiger charge is 2.13. The zero-order valence-corrected chi connectivity index (χ0v) is 12.9. The lowest BCUT2D eigenvalue weighted by molar-refractivity contribution is 0.176. The standard InChI is InChI=1S/C14H10Br2F2O/c15-10-3-1-8(12(17)7-10)6-14(19)9-2-4-11(16)13(18)5-9/h1-5,7,14,19H,6H2. The first-order chi connectivity index (χ1) is 8.97. The molecule has 0 amide bonds. The van der Waals surface area contributed by atoms with Crippen LogP contribution in [0.15, 0.2) is 45.3 Å². The molecule has 0 fully saturated rings. The van der Waals surface area contributed by atoms with Crippen LogP contribution in [-0.2, 0) is 6.42 Å². The van der Waals surface area contributed by atoms with Crippen LogP contribution in [0.5, 0.6) is 0 Å². The second kappa shape index (κ2) is 6.11. The lowest BCUT2D eigenvalue weighted by atomic mass is 10.0. The summed E-state index contributed by atoms with van der Waals surface area (Å²) < 4.78 is 28.0. The zero-order valence-electron chi connectivity index (χ0n) is 9.71. The summed E-state index contributed by atoms with van der Waals surface area (Å²) in [6.07, 6.45) is -0.849. The van der Waals surface area contributed by atoms with Gasteiger partial charge >= 0.3 is 0 Å². The third kappa shape index (κ3) is 3.61. The van der Waals surface area contributed by atoms with Gasteiger partial charge < -0.3 is 5.11 Å². The molecule has 0 bridgehead atoms. The second-order valence-electron chi connectivity index (χ2n) is 4.13. The van der Waals surface area contributed by atoms with Crippen LogP contribution in [0.2, 0.25) is 0 Å². The quantitative estimate of drug-likeness (QED) is 0.799. The van der Waals surface area contributed by atoms with E-state index in [9.17, 15) is 13.9 Å². The Bertz CT molecular complexity index is 602. The van der Waals surface area contributed by atoms with Crippen LogP contribution in [0.3, 0.4) is 0 Å². The molecule has 0 radical (unpaired) electrons. The molecule has 1 atom stereocenters. The number of halogens is 4. The van der Waals surface area contributed by atoms with E-state index in [1.807, 2.05) is 0 Å². The molecule has 0 saturated carbocycles. The normalized spacial score (nSPS) is 12.5. The van der Waals surface area contributed by atoms with Crippen LogP contribution in [0.4, 0.5) is 8.78 Å². The van der Waals surface area contributed by atoms with Gasteiger partial charge in [-0.05, 0) is 51.3 Å². The van der Waals surface area contributed by atoms with Crippen LogP contribution >= 0.6 is 31.9 Å². The van der Waals surface area contributed by atoms with Gasteiger partial charge in [-0.2, -0.15) is 0 Å². The molecule has 0 aliphatic rings. The molecule has 0 heterocycles. The summed E-state index contributed by atoms with van der Waals surface area (Å²) in [6.45, 7) is 0. The molecule has 0 saturated heterocycles. The molecule has 1 nitrogen and oxygen atoms in total. The monoisotopic (exact) mass is 390 g/mol. The Morgan fingerprint density at radius 2 is 1.74 bits per heavy atom. The van der Waals surface area contributed by atoms with Gasteiger partial charge in [-0.25, -0.2) is 8.78 Å². The Morgan fingerprint density at radius 1 is 1.00 bits per heavy atom. The van der Waals surface area contributed by atoms with Gasteiger partial charge in [-0.15, -0.1) is 0 Å². The Morgan fingerprint density at radius 3 is 2.37 bits per heavy atom. The third-order valence-electron chi connectivity index (χ3n) is 2.76. The van der Waals surface area contributed by atoms with Gasteiger partial charge in [0, 0.05) is 10.9 Å².